The van der Waals surface area contributed by atoms with Gasteiger partial charge in [0.15, 0.2) is 5.11 Å². The fourth-order valence-electron chi connectivity index (χ4n) is 1.53. The van der Waals surface area contributed by atoms with E-state index in [2.05, 4.69) is 17.7 Å². The van der Waals surface area contributed by atoms with Crippen LogP contribution in [-0.4, -0.2) is 24.4 Å². The first-order chi connectivity index (χ1) is 6.24. The van der Waals surface area contributed by atoms with Crippen LogP contribution in [0.15, 0.2) is 0 Å². The number of nitrogens with two attached hydrogens (primary N) is 1. The molecule has 1 saturated heterocycles. The first-order valence-corrected chi connectivity index (χ1v) is 4.99. The zero-order valence-corrected chi connectivity index (χ0v) is 8.69. The molecule has 0 aromatic carbocycles. The maximum absolute atomic E-state index is 5.38. The number of thiocarbonyl (C=S) groups is 1. The molecule has 1 rings (SSSR count). The maximum atomic E-state index is 5.38. The van der Waals surface area contributed by atoms with E-state index in [1.165, 1.54) is 6.42 Å². The molecule has 4 nitrogen and oxygen atoms in total. The van der Waals surface area contributed by atoms with Crippen molar-refractivity contribution in [3.8, 4) is 0 Å². The fraction of sp³-hybridized carbons (Fsp3) is 0.875. The number of ether oxygens (including phenoxy) is 1. The second-order valence-corrected chi connectivity index (χ2v) is 3.79. The molecule has 1 aliphatic rings. The van der Waals surface area contributed by atoms with Gasteiger partial charge in [-0.3, -0.25) is 0 Å². The van der Waals surface area contributed by atoms with Gasteiger partial charge in [0.1, 0.15) is 0 Å². The zero-order valence-electron chi connectivity index (χ0n) is 7.88. The van der Waals surface area contributed by atoms with Gasteiger partial charge in [0, 0.05) is 18.6 Å². The van der Waals surface area contributed by atoms with Crippen LogP contribution in [0.4, 0.5) is 0 Å². The predicted molar refractivity (Wildman–Crippen MR) is 56.1 cm³/mol. The minimum absolute atomic E-state index is 0.323. The Bertz CT molecular complexity index is 171. The molecule has 0 radical (unpaired) electrons. The van der Waals surface area contributed by atoms with Crippen LogP contribution in [0, 0.1) is 5.92 Å². The average molecular weight is 203 g/mol. The van der Waals surface area contributed by atoms with Crippen LogP contribution < -0.4 is 16.6 Å². The smallest absolute Gasteiger partial charge is 0.180 e. The molecule has 1 aliphatic heterocycles. The Morgan fingerprint density at radius 1 is 1.69 bits per heavy atom. The highest BCUT2D eigenvalue weighted by molar-refractivity contribution is 7.80. The molecule has 76 valence electrons. The molecule has 2 unspecified atom stereocenters. The first kappa shape index (κ1) is 10.7. The second-order valence-electron chi connectivity index (χ2n) is 3.38. The minimum Gasteiger partial charge on any atom is -0.381 e. The lowest BCUT2D eigenvalue weighted by atomic mass is 9.95. The Balaban J connectivity index is 2.28. The van der Waals surface area contributed by atoms with Gasteiger partial charge in [0.05, 0.1) is 6.61 Å². The molecule has 0 spiro atoms. The Morgan fingerprint density at radius 3 is 3.00 bits per heavy atom. The Hall–Kier alpha value is -0.390. The van der Waals surface area contributed by atoms with Gasteiger partial charge < -0.3 is 15.5 Å². The summed E-state index contributed by atoms with van der Waals surface area (Å²) in [5.41, 5.74) is 2.41. The third kappa shape index (κ3) is 3.46. The molecular weight excluding hydrogens is 186 g/mol. The van der Waals surface area contributed by atoms with Gasteiger partial charge in [-0.1, -0.05) is 0 Å². The Kier molecular flexibility index (Phi) is 4.41. The summed E-state index contributed by atoms with van der Waals surface area (Å²) in [7, 11) is 0. The van der Waals surface area contributed by atoms with Crippen molar-refractivity contribution in [1.29, 1.82) is 0 Å². The lowest BCUT2D eigenvalue weighted by molar-refractivity contribution is 0.0446. The summed E-state index contributed by atoms with van der Waals surface area (Å²) in [5, 5.41) is 3.61. The first-order valence-electron chi connectivity index (χ1n) is 4.59. The lowest BCUT2D eigenvalue weighted by Crippen LogP contribution is -2.47. The third-order valence-corrected chi connectivity index (χ3v) is 2.63. The number of hydrogen-bond donors (Lipinski definition) is 3. The van der Waals surface area contributed by atoms with Gasteiger partial charge in [-0.05, 0) is 32.0 Å². The highest BCUT2D eigenvalue weighted by atomic mass is 32.1. The predicted octanol–water partition coefficient (Wildman–Crippen LogP) is 0.139. The van der Waals surface area contributed by atoms with Crippen molar-refractivity contribution in [1.82, 2.24) is 10.7 Å². The van der Waals surface area contributed by atoms with E-state index in [1.807, 2.05) is 0 Å². The van der Waals surface area contributed by atoms with E-state index in [4.69, 9.17) is 22.8 Å². The third-order valence-electron chi connectivity index (χ3n) is 2.39. The largest absolute Gasteiger partial charge is 0.381 e. The van der Waals surface area contributed by atoms with Gasteiger partial charge in [-0.15, -0.1) is 0 Å². The molecule has 1 heterocycles. The molecule has 0 aliphatic carbocycles. The van der Waals surface area contributed by atoms with Gasteiger partial charge >= 0.3 is 0 Å². The van der Waals surface area contributed by atoms with Crippen molar-refractivity contribution in [2.45, 2.75) is 25.8 Å². The number of rotatable bonds is 2. The fourth-order valence-corrected chi connectivity index (χ4v) is 1.71. The molecule has 5 heteroatoms. The van der Waals surface area contributed by atoms with Gasteiger partial charge in [-0.2, -0.15) is 0 Å². The molecule has 0 saturated carbocycles. The second kappa shape index (κ2) is 5.36. The van der Waals surface area contributed by atoms with Crippen LogP contribution in [0.1, 0.15) is 19.8 Å². The van der Waals surface area contributed by atoms with Crippen molar-refractivity contribution >= 4 is 17.3 Å². The molecule has 0 aromatic heterocycles. The van der Waals surface area contributed by atoms with E-state index in [0.717, 1.165) is 19.6 Å². The van der Waals surface area contributed by atoms with Crippen molar-refractivity contribution in [2.75, 3.05) is 13.2 Å². The van der Waals surface area contributed by atoms with Gasteiger partial charge in [0.25, 0.3) is 0 Å². The van der Waals surface area contributed by atoms with Gasteiger partial charge in [-0.25, -0.2) is 5.84 Å². The number of nitrogens with one attached hydrogen (secondary N) is 2. The molecule has 4 N–H and O–H groups in total. The summed E-state index contributed by atoms with van der Waals surface area (Å²) in [5.74, 6) is 5.71. The van der Waals surface area contributed by atoms with Crippen molar-refractivity contribution in [3.63, 3.8) is 0 Å². The Morgan fingerprint density at radius 2 is 2.46 bits per heavy atom. The van der Waals surface area contributed by atoms with Gasteiger partial charge in [0.2, 0.25) is 0 Å². The summed E-state index contributed by atoms with van der Waals surface area (Å²) in [6.07, 6.45) is 2.33. The number of hydrogen-bond acceptors (Lipinski definition) is 3. The highest BCUT2D eigenvalue weighted by Crippen LogP contribution is 2.16. The molecule has 0 aromatic rings. The van der Waals surface area contributed by atoms with Crippen molar-refractivity contribution in [2.24, 2.45) is 11.8 Å². The van der Waals surface area contributed by atoms with Crippen molar-refractivity contribution < 1.29 is 4.74 Å². The van der Waals surface area contributed by atoms with E-state index in [1.54, 1.807) is 0 Å². The monoisotopic (exact) mass is 203 g/mol. The molecule has 2 atom stereocenters. The van der Waals surface area contributed by atoms with Crippen LogP contribution in [0.25, 0.3) is 0 Å². The summed E-state index contributed by atoms with van der Waals surface area (Å²) in [6, 6.07) is 0.323. The molecular formula is C8H17N3OS. The van der Waals surface area contributed by atoms with E-state index >= 15 is 0 Å². The van der Waals surface area contributed by atoms with Crippen LogP contribution in [-0.2, 0) is 4.74 Å². The Labute approximate surface area is 84.2 Å². The zero-order chi connectivity index (χ0) is 9.68. The standard InChI is InChI=1S/C8H17N3OS/c1-6(10-8(13)11-9)7-3-2-4-12-5-7/h6-7H,2-5,9H2,1H3,(H2,10,11,13). The van der Waals surface area contributed by atoms with Crippen molar-refractivity contribution in [3.05, 3.63) is 0 Å². The lowest BCUT2D eigenvalue weighted by Gasteiger charge is -2.28. The summed E-state index contributed by atoms with van der Waals surface area (Å²) >= 11 is 4.91. The van der Waals surface area contributed by atoms with Crippen LogP contribution in [0.5, 0.6) is 0 Å². The number of hydrazine groups is 1. The average Bonchev–Trinajstić information content (AvgIpc) is 2.19. The molecule has 1 fully saturated rings. The maximum Gasteiger partial charge on any atom is 0.180 e. The van der Waals surface area contributed by atoms with E-state index < -0.39 is 0 Å². The molecule has 0 amide bonds. The minimum atomic E-state index is 0.323. The highest BCUT2D eigenvalue weighted by Gasteiger charge is 2.20. The molecule has 0 bridgehead atoms. The molecule has 13 heavy (non-hydrogen) atoms. The SMILES string of the molecule is CC(NC(=S)NN)C1CCCOC1. The van der Waals surface area contributed by atoms with E-state index in [0.29, 0.717) is 17.1 Å². The van der Waals surface area contributed by atoms with E-state index in [-0.39, 0.29) is 0 Å². The summed E-state index contributed by atoms with van der Waals surface area (Å²) in [6.45, 7) is 3.81. The normalized spacial score (nSPS) is 24.9. The summed E-state index contributed by atoms with van der Waals surface area (Å²) in [4.78, 5) is 0. The van der Waals surface area contributed by atoms with Crippen LogP contribution in [0.3, 0.4) is 0 Å². The quantitative estimate of drug-likeness (QED) is 0.338. The van der Waals surface area contributed by atoms with E-state index in [9.17, 15) is 0 Å². The van der Waals surface area contributed by atoms with Crippen LogP contribution in [0.2, 0.25) is 0 Å². The van der Waals surface area contributed by atoms with Crippen LogP contribution >= 0.6 is 12.2 Å². The topological polar surface area (TPSA) is 59.3 Å². The summed E-state index contributed by atoms with van der Waals surface area (Å²) < 4.78 is 5.38.